The molecule has 3 nitrogen and oxygen atoms in total. The zero-order valence-electron chi connectivity index (χ0n) is 12.6. The number of esters is 1. The highest BCUT2D eigenvalue weighted by Crippen LogP contribution is 2.33. The molecular weight excluding hydrogens is 238 g/mol. The van der Waals surface area contributed by atoms with Gasteiger partial charge in [-0.1, -0.05) is 25.5 Å². The third-order valence-electron chi connectivity index (χ3n) is 4.74. The number of rotatable bonds is 4. The Morgan fingerprint density at radius 3 is 2.68 bits per heavy atom. The van der Waals surface area contributed by atoms with E-state index in [-0.39, 0.29) is 5.97 Å². The molecule has 2 rings (SSSR count). The number of carbonyl (C=O) groups excluding carboxylic acids is 1. The highest BCUT2D eigenvalue weighted by molar-refractivity contribution is 5.70. The zero-order valence-corrected chi connectivity index (χ0v) is 12.6. The maximum atomic E-state index is 11.9. The van der Waals surface area contributed by atoms with E-state index < -0.39 is 0 Å². The Labute approximate surface area is 117 Å². The van der Waals surface area contributed by atoms with Gasteiger partial charge < -0.3 is 9.64 Å². The van der Waals surface area contributed by atoms with Crippen molar-refractivity contribution >= 4 is 5.97 Å². The van der Waals surface area contributed by atoms with Gasteiger partial charge in [0.2, 0.25) is 0 Å². The Kier molecular flexibility index (Phi) is 5.03. The SMILES string of the molecule is CC1=C[C@@H](C)[C@H](COC(=O)C[NH+]2CCCC2)[C@@H](C)C1. The molecule has 1 N–H and O–H groups in total. The van der Waals surface area contributed by atoms with Crippen LogP contribution in [-0.4, -0.2) is 32.2 Å². The number of allylic oxidation sites excluding steroid dienone is 2. The van der Waals surface area contributed by atoms with Crippen LogP contribution in [0.1, 0.15) is 40.0 Å². The number of nitrogens with one attached hydrogen (secondary N) is 1. The summed E-state index contributed by atoms with van der Waals surface area (Å²) in [6, 6.07) is 0. The van der Waals surface area contributed by atoms with Crippen LogP contribution in [0.5, 0.6) is 0 Å². The molecular formula is C16H28NO2+. The van der Waals surface area contributed by atoms with Gasteiger partial charge in [-0.3, -0.25) is 0 Å². The summed E-state index contributed by atoms with van der Waals surface area (Å²) in [7, 11) is 0. The third kappa shape index (κ3) is 4.07. The fourth-order valence-corrected chi connectivity index (χ4v) is 3.63. The smallest absolute Gasteiger partial charge is 0.361 e. The first kappa shape index (κ1) is 14.6. The Morgan fingerprint density at radius 2 is 2.05 bits per heavy atom. The maximum absolute atomic E-state index is 11.9. The van der Waals surface area contributed by atoms with Crippen molar-refractivity contribution in [2.24, 2.45) is 17.8 Å². The average molecular weight is 266 g/mol. The first-order chi connectivity index (χ1) is 9.06. The second-order valence-corrected chi connectivity index (χ2v) is 6.53. The molecule has 0 amide bonds. The highest BCUT2D eigenvalue weighted by Gasteiger charge is 2.28. The van der Waals surface area contributed by atoms with E-state index in [1.807, 2.05) is 0 Å². The normalized spacial score (nSPS) is 32.2. The molecule has 1 fully saturated rings. The topological polar surface area (TPSA) is 30.7 Å². The predicted octanol–water partition coefficient (Wildman–Crippen LogP) is 1.45. The van der Waals surface area contributed by atoms with Crippen molar-refractivity contribution in [3.63, 3.8) is 0 Å². The number of carbonyl (C=O) groups is 1. The lowest BCUT2D eigenvalue weighted by Gasteiger charge is -2.32. The van der Waals surface area contributed by atoms with Gasteiger partial charge in [0, 0.05) is 18.8 Å². The molecule has 0 saturated carbocycles. The van der Waals surface area contributed by atoms with Crippen molar-refractivity contribution in [2.75, 3.05) is 26.2 Å². The minimum atomic E-state index is -0.0115. The first-order valence-electron chi connectivity index (χ1n) is 7.72. The number of hydrogen-bond donors (Lipinski definition) is 1. The molecule has 0 unspecified atom stereocenters. The standard InChI is InChI=1S/C16H27NO2/c1-12-8-13(2)15(14(3)9-12)11-19-16(18)10-17-6-4-5-7-17/h8,13-15H,4-7,9-11H2,1-3H3/p+1/t13-,14+,15+/m1/s1. The Morgan fingerprint density at radius 1 is 1.37 bits per heavy atom. The molecule has 3 atom stereocenters. The fourth-order valence-electron chi connectivity index (χ4n) is 3.63. The van der Waals surface area contributed by atoms with Gasteiger partial charge in [-0.15, -0.1) is 0 Å². The maximum Gasteiger partial charge on any atom is 0.361 e. The van der Waals surface area contributed by atoms with E-state index in [1.165, 1.54) is 23.3 Å². The molecule has 1 aliphatic heterocycles. The van der Waals surface area contributed by atoms with Gasteiger partial charge in [0.25, 0.3) is 0 Å². The molecule has 1 saturated heterocycles. The minimum Gasteiger partial charge on any atom is -0.461 e. The van der Waals surface area contributed by atoms with Crippen LogP contribution >= 0.6 is 0 Å². The summed E-state index contributed by atoms with van der Waals surface area (Å²) in [5.74, 6) is 1.62. The van der Waals surface area contributed by atoms with Gasteiger partial charge in [0.15, 0.2) is 6.54 Å². The Hall–Kier alpha value is -0.830. The molecule has 1 aliphatic carbocycles. The average Bonchev–Trinajstić information content (AvgIpc) is 2.80. The molecule has 0 radical (unpaired) electrons. The lowest BCUT2D eigenvalue weighted by atomic mass is 9.75. The summed E-state index contributed by atoms with van der Waals surface area (Å²) >= 11 is 0. The van der Waals surface area contributed by atoms with Crippen molar-refractivity contribution in [3.8, 4) is 0 Å². The molecule has 108 valence electrons. The van der Waals surface area contributed by atoms with Crippen LogP contribution in [0.15, 0.2) is 11.6 Å². The fraction of sp³-hybridized carbons (Fsp3) is 0.812. The summed E-state index contributed by atoms with van der Waals surface area (Å²) < 4.78 is 5.53. The van der Waals surface area contributed by atoms with Crippen molar-refractivity contribution in [1.82, 2.24) is 0 Å². The second kappa shape index (κ2) is 6.56. The van der Waals surface area contributed by atoms with Crippen molar-refractivity contribution in [1.29, 1.82) is 0 Å². The molecule has 0 bridgehead atoms. The number of quaternary nitrogens is 1. The van der Waals surface area contributed by atoms with Crippen molar-refractivity contribution in [2.45, 2.75) is 40.0 Å². The monoisotopic (exact) mass is 266 g/mol. The molecule has 0 aromatic heterocycles. The van der Waals surface area contributed by atoms with Gasteiger partial charge in [-0.2, -0.15) is 0 Å². The minimum absolute atomic E-state index is 0.0115. The van der Waals surface area contributed by atoms with E-state index in [0.29, 0.717) is 30.9 Å². The molecule has 3 heteroatoms. The van der Waals surface area contributed by atoms with Crippen LogP contribution in [0.2, 0.25) is 0 Å². The van der Waals surface area contributed by atoms with Crippen LogP contribution < -0.4 is 4.90 Å². The van der Waals surface area contributed by atoms with Gasteiger partial charge in [0.1, 0.15) is 0 Å². The van der Waals surface area contributed by atoms with Crippen molar-refractivity contribution < 1.29 is 14.4 Å². The summed E-state index contributed by atoms with van der Waals surface area (Å²) in [6.45, 7) is 10.1. The number of ether oxygens (including phenoxy) is 1. The molecule has 0 aromatic carbocycles. The van der Waals surface area contributed by atoms with Crippen LogP contribution in [0.3, 0.4) is 0 Å². The van der Waals surface area contributed by atoms with E-state index in [2.05, 4.69) is 26.8 Å². The first-order valence-corrected chi connectivity index (χ1v) is 7.72. The largest absolute Gasteiger partial charge is 0.461 e. The summed E-state index contributed by atoms with van der Waals surface area (Å²) in [5, 5.41) is 0. The molecule has 19 heavy (non-hydrogen) atoms. The lowest BCUT2D eigenvalue weighted by Crippen LogP contribution is -3.11. The number of hydrogen-bond acceptors (Lipinski definition) is 2. The lowest BCUT2D eigenvalue weighted by molar-refractivity contribution is -0.879. The molecule has 0 aromatic rings. The van der Waals surface area contributed by atoms with Gasteiger partial charge in [-0.25, -0.2) is 4.79 Å². The van der Waals surface area contributed by atoms with E-state index in [9.17, 15) is 4.79 Å². The van der Waals surface area contributed by atoms with E-state index in [1.54, 1.807) is 0 Å². The van der Waals surface area contributed by atoms with E-state index in [4.69, 9.17) is 4.74 Å². The zero-order chi connectivity index (χ0) is 13.8. The quantitative estimate of drug-likeness (QED) is 0.617. The molecule has 2 aliphatic rings. The van der Waals surface area contributed by atoms with Crippen LogP contribution in [-0.2, 0) is 9.53 Å². The van der Waals surface area contributed by atoms with Gasteiger partial charge >= 0.3 is 5.97 Å². The van der Waals surface area contributed by atoms with E-state index >= 15 is 0 Å². The Balaban J connectivity index is 1.76. The van der Waals surface area contributed by atoms with Gasteiger partial charge in [0.05, 0.1) is 19.7 Å². The second-order valence-electron chi connectivity index (χ2n) is 6.53. The predicted molar refractivity (Wildman–Crippen MR) is 75.9 cm³/mol. The number of likely N-dealkylation sites (tertiary alicyclic amines) is 1. The van der Waals surface area contributed by atoms with Gasteiger partial charge in [-0.05, 0) is 25.2 Å². The molecule has 1 heterocycles. The van der Waals surface area contributed by atoms with E-state index in [0.717, 1.165) is 19.5 Å². The summed E-state index contributed by atoms with van der Waals surface area (Å²) in [5.41, 5.74) is 1.48. The summed E-state index contributed by atoms with van der Waals surface area (Å²) in [4.78, 5) is 13.3. The van der Waals surface area contributed by atoms with Crippen LogP contribution in [0.4, 0.5) is 0 Å². The van der Waals surface area contributed by atoms with Crippen LogP contribution in [0, 0.1) is 17.8 Å². The highest BCUT2D eigenvalue weighted by atomic mass is 16.5. The van der Waals surface area contributed by atoms with Crippen LogP contribution in [0.25, 0.3) is 0 Å². The van der Waals surface area contributed by atoms with Crippen molar-refractivity contribution in [3.05, 3.63) is 11.6 Å². The molecule has 0 spiro atoms. The summed E-state index contributed by atoms with van der Waals surface area (Å²) in [6.07, 6.45) is 5.99. The third-order valence-corrected chi connectivity index (χ3v) is 4.74. The Bertz CT molecular complexity index is 345.